The largest absolute Gasteiger partial charge is 0.469 e. The van der Waals surface area contributed by atoms with Crippen molar-refractivity contribution in [2.45, 2.75) is 32.1 Å². The molecule has 0 aliphatic carbocycles. The van der Waals surface area contributed by atoms with Crippen LogP contribution < -0.4 is 0 Å². The molecular weight excluding hydrogens is 266 g/mol. The third-order valence-corrected chi connectivity index (χ3v) is 4.18. The Hall–Kier alpha value is -1.84. The lowest BCUT2D eigenvalue weighted by Gasteiger charge is -2.33. The third kappa shape index (κ3) is 3.63. The zero-order valence-electron chi connectivity index (χ0n) is 12.7. The van der Waals surface area contributed by atoms with Gasteiger partial charge in [-0.1, -0.05) is 37.3 Å². The van der Waals surface area contributed by atoms with E-state index in [4.69, 9.17) is 4.74 Å². The van der Waals surface area contributed by atoms with Gasteiger partial charge in [0.25, 0.3) is 0 Å². The van der Waals surface area contributed by atoms with E-state index in [2.05, 4.69) is 0 Å². The molecule has 0 spiro atoms. The van der Waals surface area contributed by atoms with Gasteiger partial charge in [0, 0.05) is 13.1 Å². The number of esters is 1. The van der Waals surface area contributed by atoms with Crippen LogP contribution >= 0.6 is 0 Å². The Bertz CT molecular complexity index is 486. The van der Waals surface area contributed by atoms with Gasteiger partial charge < -0.3 is 9.64 Å². The number of benzene rings is 1. The summed E-state index contributed by atoms with van der Waals surface area (Å²) in [7, 11) is 1.40. The van der Waals surface area contributed by atoms with Crippen LogP contribution in [0.2, 0.25) is 0 Å². The molecule has 4 nitrogen and oxygen atoms in total. The van der Waals surface area contributed by atoms with Crippen molar-refractivity contribution in [2.24, 2.45) is 5.92 Å². The average Bonchev–Trinajstić information content (AvgIpc) is 2.55. The van der Waals surface area contributed by atoms with Crippen LogP contribution in [-0.4, -0.2) is 37.0 Å². The highest BCUT2D eigenvalue weighted by atomic mass is 16.5. The SMILES string of the molecule is CCC(C(=O)N1CCCC(C(=O)OC)C1)c1ccccc1. The molecule has 1 aromatic carbocycles. The van der Waals surface area contributed by atoms with E-state index >= 15 is 0 Å². The average molecular weight is 289 g/mol. The predicted molar refractivity (Wildman–Crippen MR) is 80.8 cm³/mol. The minimum absolute atomic E-state index is 0.123. The van der Waals surface area contributed by atoms with Crippen LogP contribution in [0.25, 0.3) is 0 Å². The molecule has 0 radical (unpaired) electrons. The number of methoxy groups -OCH3 is 1. The maximum Gasteiger partial charge on any atom is 0.310 e. The first-order chi connectivity index (χ1) is 10.2. The van der Waals surface area contributed by atoms with Crippen LogP contribution in [-0.2, 0) is 14.3 Å². The minimum Gasteiger partial charge on any atom is -0.469 e. The van der Waals surface area contributed by atoms with E-state index in [0.717, 1.165) is 31.4 Å². The molecule has 1 heterocycles. The molecule has 0 aromatic heterocycles. The van der Waals surface area contributed by atoms with Crippen molar-refractivity contribution in [1.29, 1.82) is 0 Å². The van der Waals surface area contributed by atoms with E-state index in [1.807, 2.05) is 42.2 Å². The fourth-order valence-electron chi connectivity index (χ4n) is 3.00. The summed E-state index contributed by atoms with van der Waals surface area (Å²) in [6, 6.07) is 9.86. The molecule has 1 aliphatic heterocycles. The smallest absolute Gasteiger partial charge is 0.310 e. The van der Waals surface area contributed by atoms with E-state index < -0.39 is 0 Å². The fourth-order valence-corrected chi connectivity index (χ4v) is 3.00. The first-order valence-electron chi connectivity index (χ1n) is 7.59. The number of ether oxygens (including phenoxy) is 1. The fraction of sp³-hybridized carbons (Fsp3) is 0.529. The van der Waals surface area contributed by atoms with Crippen LogP contribution in [0.1, 0.15) is 37.7 Å². The van der Waals surface area contributed by atoms with E-state index in [0.29, 0.717) is 6.54 Å². The van der Waals surface area contributed by atoms with Crippen molar-refractivity contribution in [3.63, 3.8) is 0 Å². The summed E-state index contributed by atoms with van der Waals surface area (Å²) >= 11 is 0. The molecule has 1 amide bonds. The Balaban J connectivity index is 2.09. The van der Waals surface area contributed by atoms with Gasteiger partial charge in [0.1, 0.15) is 0 Å². The molecule has 1 fully saturated rings. The minimum atomic E-state index is -0.208. The van der Waals surface area contributed by atoms with E-state index in [-0.39, 0.29) is 23.7 Å². The van der Waals surface area contributed by atoms with Crippen LogP contribution in [0.3, 0.4) is 0 Å². The van der Waals surface area contributed by atoms with E-state index in [1.54, 1.807) is 0 Å². The summed E-state index contributed by atoms with van der Waals surface area (Å²) in [5, 5.41) is 0. The number of carbonyl (C=O) groups excluding carboxylic acids is 2. The quantitative estimate of drug-likeness (QED) is 0.800. The second kappa shape index (κ2) is 7.25. The molecule has 1 saturated heterocycles. The molecule has 2 atom stereocenters. The third-order valence-electron chi connectivity index (χ3n) is 4.18. The summed E-state index contributed by atoms with van der Waals surface area (Å²) in [4.78, 5) is 26.3. The summed E-state index contributed by atoms with van der Waals surface area (Å²) < 4.78 is 4.81. The lowest BCUT2D eigenvalue weighted by atomic mass is 9.92. The Morgan fingerprint density at radius 1 is 1.33 bits per heavy atom. The number of piperidine rings is 1. The summed E-state index contributed by atoms with van der Waals surface area (Å²) in [5.41, 5.74) is 1.05. The monoisotopic (exact) mass is 289 g/mol. The summed E-state index contributed by atoms with van der Waals surface area (Å²) in [5.74, 6) is -0.388. The van der Waals surface area contributed by atoms with Crippen molar-refractivity contribution >= 4 is 11.9 Å². The van der Waals surface area contributed by atoms with Crippen molar-refractivity contribution in [3.05, 3.63) is 35.9 Å². The van der Waals surface area contributed by atoms with Crippen LogP contribution in [0.4, 0.5) is 0 Å². The zero-order chi connectivity index (χ0) is 15.2. The van der Waals surface area contributed by atoms with Gasteiger partial charge in [0.15, 0.2) is 0 Å². The molecule has 4 heteroatoms. The summed E-state index contributed by atoms with van der Waals surface area (Å²) in [6.45, 7) is 3.24. The second-order valence-corrected chi connectivity index (χ2v) is 5.52. The van der Waals surface area contributed by atoms with Gasteiger partial charge in [-0.15, -0.1) is 0 Å². The van der Waals surface area contributed by atoms with E-state index in [1.165, 1.54) is 7.11 Å². The van der Waals surface area contributed by atoms with Crippen LogP contribution in [0.5, 0.6) is 0 Å². The molecule has 0 N–H and O–H groups in total. The molecule has 1 aliphatic rings. The zero-order valence-corrected chi connectivity index (χ0v) is 12.7. The Kier molecular flexibility index (Phi) is 5.37. The van der Waals surface area contributed by atoms with Gasteiger partial charge in [0.05, 0.1) is 18.9 Å². The lowest BCUT2D eigenvalue weighted by Crippen LogP contribution is -2.44. The number of amides is 1. The standard InChI is InChI=1S/C17H23NO3/c1-3-15(13-8-5-4-6-9-13)16(19)18-11-7-10-14(12-18)17(20)21-2/h4-6,8-9,14-15H,3,7,10-12H2,1-2H3. The Labute approximate surface area is 126 Å². The highest BCUT2D eigenvalue weighted by Gasteiger charge is 2.32. The van der Waals surface area contributed by atoms with Crippen LogP contribution in [0, 0.1) is 5.92 Å². The Morgan fingerprint density at radius 3 is 2.67 bits per heavy atom. The van der Waals surface area contributed by atoms with Gasteiger partial charge in [-0.25, -0.2) is 0 Å². The maximum atomic E-state index is 12.8. The lowest BCUT2D eigenvalue weighted by molar-refractivity contribution is -0.149. The highest BCUT2D eigenvalue weighted by Crippen LogP contribution is 2.25. The number of hydrogen-bond acceptors (Lipinski definition) is 3. The number of hydrogen-bond donors (Lipinski definition) is 0. The molecule has 21 heavy (non-hydrogen) atoms. The van der Waals surface area contributed by atoms with Gasteiger partial charge in [0.2, 0.25) is 5.91 Å². The first kappa shape index (κ1) is 15.5. The molecule has 1 aromatic rings. The molecule has 2 rings (SSSR count). The van der Waals surface area contributed by atoms with Crippen molar-refractivity contribution in [1.82, 2.24) is 4.90 Å². The van der Waals surface area contributed by atoms with Gasteiger partial charge in [-0.05, 0) is 24.8 Å². The van der Waals surface area contributed by atoms with E-state index in [9.17, 15) is 9.59 Å². The van der Waals surface area contributed by atoms with Gasteiger partial charge in [-0.2, -0.15) is 0 Å². The molecular formula is C17H23NO3. The van der Waals surface area contributed by atoms with Crippen molar-refractivity contribution < 1.29 is 14.3 Å². The normalized spacial score (nSPS) is 19.9. The number of nitrogens with zero attached hydrogens (tertiary/aromatic N) is 1. The number of carbonyl (C=O) groups is 2. The number of rotatable bonds is 4. The number of likely N-dealkylation sites (tertiary alicyclic amines) is 1. The van der Waals surface area contributed by atoms with Crippen molar-refractivity contribution in [3.8, 4) is 0 Å². The summed E-state index contributed by atoms with van der Waals surface area (Å²) in [6.07, 6.45) is 2.43. The topological polar surface area (TPSA) is 46.6 Å². The molecule has 114 valence electrons. The Morgan fingerprint density at radius 2 is 2.05 bits per heavy atom. The molecule has 0 bridgehead atoms. The van der Waals surface area contributed by atoms with Crippen LogP contribution in [0.15, 0.2) is 30.3 Å². The van der Waals surface area contributed by atoms with Gasteiger partial charge in [-0.3, -0.25) is 9.59 Å². The predicted octanol–water partition coefficient (Wildman–Crippen LogP) is 2.59. The first-order valence-corrected chi connectivity index (χ1v) is 7.59. The van der Waals surface area contributed by atoms with Gasteiger partial charge >= 0.3 is 5.97 Å². The second-order valence-electron chi connectivity index (χ2n) is 5.52. The molecule has 2 unspecified atom stereocenters. The maximum absolute atomic E-state index is 12.8. The highest BCUT2D eigenvalue weighted by molar-refractivity contribution is 5.84. The van der Waals surface area contributed by atoms with Crippen molar-refractivity contribution in [2.75, 3.05) is 20.2 Å². The molecule has 0 saturated carbocycles.